The molecule has 0 spiro atoms. The monoisotopic (exact) mass is 307 g/mol. The van der Waals surface area contributed by atoms with Crippen molar-refractivity contribution >= 4 is 12.4 Å². The third kappa shape index (κ3) is 3.32. The Hall–Kier alpha value is -2.24. The number of aromatic hydroxyl groups is 2. The summed E-state index contributed by atoms with van der Waals surface area (Å²) in [6.07, 6.45) is 0.882. The van der Waals surface area contributed by atoms with Gasteiger partial charge in [0.05, 0.1) is 6.04 Å². The van der Waals surface area contributed by atoms with Crippen LogP contribution in [-0.4, -0.2) is 39.6 Å². The van der Waals surface area contributed by atoms with E-state index < -0.39 is 17.7 Å². The molecule has 6 heteroatoms. The van der Waals surface area contributed by atoms with E-state index in [0.717, 1.165) is 11.8 Å². The number of carbonyl (C=O) groups excluding carboxylic acids is 2. The molecule has 1 atom stereocenters. The van der Waals surface area contributed by atoms with Crippen LogP contribution in [0.1, 0.15) is 44.4 Å². The van der Waals surface area contributed by atoms with Gasteiger partial charge in [0.15, 0.2) is 11.5 Å². The summed E-state index contributed by atoms with van der Waals surface area (Å²) in [5, 5.41) is 19.3. The molecule has 0 bridgehead atoms. The summed E-state index contributed by atoms with van der Waals surface area (Å²) in [6.45, 7) is 5.73. The SMILES string of the molecule is CC(C)(C)OC(=O)N1CCc2cc(O)c(O)cc2[C@H]1CC=O. The quantitative estimate of drug-likeness (QED) is 0.647. The van der Waals surface area contributed by atoms with E-state index >= 15 is 0 Å². The first-order chi connectivity index (χ1) is 10.2. The Morgan fingerprint density at radius 2 is 2.00 bits per heavy atom. The summed E-state index contributed by atoms with van der Waals surface area (Å²) in [7, 11) is 0. The second-order valence-electron chi connectivity index (χ2n) is 6.38. The molecule has 0 saturated heterocycles. The Kier molecular flexibility index (Phi) is 4.30. The summed E-state index contributed by atoms with van der Waals surface area (Å²) in [5.41, 5.74) is 0.863. The van der Waals surface area contributed by atoms with Crippen molar-refractivity contribution in [3.63, 3.8) is 0 Å². The summed E-state index contributed by atoms with van der Waals surface area (Å²) in [5.74, 6) is -0.463. The van der Waals surface area contributed by atoms with Gasteiger partial charge in [0.2, 0.25) is 0 Å². The van der Waals surface area contributed by atoms with Gasteiger partial charge in [-0.25, -0.2) is 4.79 Å². The van der Waals surface area contributed by atoms with Crippen LogP contribution in [0.5, 0.6) is 11.5 Å². The molecule has 1 aromatic rings. The smallest absolute Gasteiger partial charge is 0.410 e. The van der Waals surface area contributed by atoms with Crippen molar-refractivity contribution in [2.45, 2.75) is 45.3 Å². The molecule has 0 saturated carbocycles. The summed E-state index contributed by atoms with van der Waals surface area (Å²) < 4.78 is 5.38. The van der Waals surface area contributed by atoms with E-state index in [-0.39, 0.29) is 17.9 Å². The Labute approximate surface area is 129 Å². The minimum Gasteiger partial charge on any atom is -0.504 e. The number of hydrogen-bond donors (Lipinski definition) is 2. The molecule has 1 aliphatic rings. The van der Waals surface area contributed by atoms with Gasteiger partial charge >= 0.3 is 6.09 Å². The zero-order valence-electron chi connectivity index (χ0n) is 13.0. The van der Waals surface area contributed by atoms with Crippen LogP contribution < -0.4 is 0 Å². The number of hydrogen-bond acceptors (Lipinski definition) is 5. The molecule has 2 rings (SSSR count). The Balaban J connectivity index is 2.35. The predicted molar refractivity (Wildman–Crippen MR) is 79.8 cm³/mol. The van der Waals surface area contributed by atoms with Gasteiger partial charge in [-0.1, -0.05) is 0 Å². The fraction of sp³-hybridized carbons (Fsp3) is 0.500. The minimum atomic E-state index is -0.625. The number of rotatable bonds is 2. The van der Waals surface area contributed by atoms with E-state index in [0.29, 0.717) is 18.5 Å². The van der Waals surface area contributed by atoms with E-state index in [1.165, 1.54) is 17.0 Å². The highest BCUT2D eigenvalue weighted by Crippen LogP contribution is 2.38. The fourth-order valence-corrected chi connectivity index (χ4v) is 2.61. The molecule has 0 aliphatic carbocycles. The van der Waals surface area contributed by atoms with Gasteiger partial charge in [-0.05, 0) is 50.5 Å². The van der Waals surface area contributed by atoms with Crippen molar-refractivity contribution in [1.29, 1.82) is 0 Å². The van der Waals surface area contributed by atoms with Crippen molar-refractivity contribution in [3.05, 3.63) is 23.3 Å². The first-order valence-corrected chi connectivity index (χ1v) is 7.21. The molecule has 22 heavy (non-hydrogen) atoms. The lowest BCUT2D eigenvalue weighted by Gasteiger charge is -2.37. The van der Waals surface area contributed by atoms with Gasteiger partial charge < -0.3 is 24.6 Å². The molecular weight excluding hydrogens is 286 g/mol. The molecule has 2 N–H and O–H groups in total. The summed E-state index contributed by atoms with van der Waals surface area (Å²) in [4.78, 5) is 24.8. The van der Waals surface area contributed by atoms with Crippen LogP contribution in [0.3, 0.4) is 0 Å². The highest BCUT2D eigenvalue weighted by atomic mass is 16.6. The number of phenols is 2. The molecule has 1 aromatic carbocycles. The predicted octanol–water partition coefficient (Wildman–Crippen LogP) is 2.52. The molecule has 120 valence electrons. The summed E-state index contributed by atoms with van der Waals surface area (Å²) >= 11 is 0. The lowest BCUT2D eigenvalue weighted by molar-refractivity contribution is -0.109. The van der Waals surface area contributed by atoms with Gasteiger partial charge in [0.1, 0.15) is 11.9 Å². The van der Waals surface area contributed by atoms with Crippen molar-refractivity contribution in [2.75, 3.05) is 6.54 Å². The van der Waals surface area contributed by atoms with Crippen molar-refractivity contribution in [2.24, 2.45) is 0 Å². The van der Waals surface area contributed by atoms with Gasteiger partial charge in [-0.15, -0.1) is 0 Å². The maximum Gasteiger partial charge on any atom is 0.410 e. The molecule has 1 amide bonds. The Bertz CT molecular complexity index is 591. The van der Waals surface area contributed by atoms with Crippen LogP contribution in [0.25, 0.3) is 0 Å². The lowest BCUT2D eigenvalue weighted by atomic mass is 9.90. The molecule has 0 unspecified atom stereocenters. The lowest BCUT2D eigenvalue weighted by Crippen LogP contribution is -2.43. The highest BCUT2D eigenvalue weighted by molar-refractivity contribution is 5.71. The first-order valence-electron chi connectivity index (χ1n) is 7.21. The van der Waals surface area contributed by atoms with Gasteiger partial charge in [-0.3, -0.25) is 0 Å². The number of phenolic OH excluding ortho intramolecular Hbond substituents is 2. The molecule has 1 aliphatic heterocycles. The fourth-order valence-electron chi connectivity index (χ4n) is 2.61. The Morgan fingerprint density at radius 3 is 2.59 bits per heavy atom. The Morgan fingerprint density at radius 1 is 1.36 bits per heavy atom. The third-order valence-corrected chi connectivity index (χ3v) is 3.54. The summed E-state index contributed by atoms with van der Waals surface area (Å²) in [6, 6.07) is 2.40. The molecular formula is C16H21NO5. The van der Waals surface area contributed by atoms with Crippen molar-refractivity contribution in [1.82, 2.24) is 4.90 Å². The van der Waals surface area contributed by atoms with Crippen LogP contribution in [0, 0.1) is 0 Å². The second-order valence-corrected chi connectivity index (χ2v) is 6.38. The second kappa shape index (κ2) is 5.87. The van der Waals surface area contributed by atoms with Crippen LogP contribution in [0.15, 0.2) is 12.1 Å². The normalized spacial score (nSPS) is 17.8. The minimum absolute atomic E-state index is 0.108. The van der Waals surface area contributed by atoms with Crippen molar-refractivity contribution in [3.8, 4) is 11.5 Å². The zero-order valence-corrected chi connectivity index (χ0v) is 13.0. The van der Waals surface area contributed by atoms with E-state index in [9.17, 15) is 19.8 Å². The van der Waals surface area contributed by atoms with Gasteiger partial charge in [-0.2, -0.15) is 0 Å². The number of nitrogens with zero attached hydrogens (tertiary/aromatic N) is 1. The van der Waals surface area contributed by atoms with Crippen LogP contribution in [0.2, 0.25) is 0 Å². The number of ether oxygens (including phenoxy) is 1. The highest BCUT2D eigenvalue weighted by Gasteiger charge is 2.34. The molecule has 1 heterocycles. The maximum atomic E-state index is 12.3. The number of amides is 1. The number of carbonyl (C=O) groups is 2. The van der Waals surface area contributed by atoms with Crippen molar-refractivity contribution < 1.29 is 24.5 Å². The standard InChI is InChI=1S/C16H21NO5/c1-16(2,3)22-15(21)17-6-4-10-8-13(19)14(20)9-11(10)12(17)5-7-18/h7-9,12,19-20H,4-6H2,1-3H3/t12-/m1/s1. The first kappa shape index (κ1) is 16.1. The van der Waals surface area contributed by atoms with E-state index in [4.69, 9.17) is 4.74 Å². The topological polar surface area (TPSA) is 87.1 Å². The number of benzene rings is 1. The van der Waals surface area contributed by atoms with E-state index in [2.05, 4.69) is 0 Å². The number of fused-ring (bicyclic) bond motifs is 1. The number of aldehydes is 1. The molecule has 6 nitrogen and oxygen atoms in total. The van der Waals surface area contributed by atoms with Gasteiger partial charge in [0, 0.05) is 13.0 Å². The van der Waals surface area contributed by atoms with Crippen LogP contribution in [0.4, 0.5) is 4.79 Å². The molecule has 0 fully saturated rings. The van der Waals surface area contributed by atoms with Gasteiger partial charge in [0.25, 0.3) is 0 Å². The maximum absolute atomic E-state index is 12.3. The average Bonchev–Trinajstić information content (AvgIpc) is 2.39. The third-order valence-electron chi connectivity index (χ3n) is 3.54. The van der Waals surface area contributed by atoms with E-state index in [1.807, 2.05) is 0 Å². The van der Waals surface area contributed by atoms with Crippen LogP contribution in [-0.2, 0) is 16.0 Å². The molecule has 0 aromatic heterocycles. The average molecular weight is 307 g/mol. The molecule has 0 radical (unpaired) electrons. The van der Waals surface area contributed by atoms with E-state index in [1.54, 1.807) is 20.8 Å². The zero-order chi connectivity index (χ0) is 16.5. The largest absolute Gasteiger partial charge is 0.504 e. The van der Waals surface area contributed by atoms with Crippen LogP contribution >= 0.6 is 0 Å².